The third kappa shape index (κ3) is 7.31. The van der Waals surface area contributed by atoms with E-state index in [4.69, 9.17) is 22.3 Å². The Morgan fingerprint density at radius 3 is 2.12 bits per heavy atom. The summed E-state index contributed by atoms with van der Waals surface area (Å²) in [4.78, 5) is 12.8. The van der Waals surface area contributed by atoms with Gasteiger partial charge in [0.05, 0.1) is 0 Å². The van der Waals surface area contributed by atoms with Crippen LogP contribution in [0.5, 0.6) is 0 Å². The van der Waals surface area contributed by atoms with Gasteiger partial charge in [-0.3, -0.25) is 15.6 Å². The van der Waals surface area contributed by atoms with Gasteiger partial charge in [0, 0.05) is 24.1 Å². The van der Waals surface area contributed by atoms with E-state index in [1.165, 1.54) is 5.56 Å². The lowest BCUT2D eigenvalue weighted by Gasteiger charge is -2.18. The Hall–Kier alpha value is -3.93. The van der Waals surface area contributed by atoms with Gasteiger partial charge in [-0.15, -0.1) is 0 Å². The topological polar surface area (TPSA) is 129 Å². The highest BCUT2D eigenvalue weighted by Gasteiger charge is 2.17. The van der Waals surface area contributed by atoms with E-state index < -0.39 is 0 Å². The number of carbonyl (C=O) groups excluding carboxylic acids is 1. The Balaban J connectivity index is 1.66. The van der Waals surface area contributed by atoms with Crippen LogP contribution >= 0.6 is 0 Å². The lowest BCUT2D eigenvalue weighted by Crippen LogP contribution is -2.27. The van der Waals surface area contributed by atoms with Crippen LogP contribution in [0.2, 0.25) is 0 Å². The van der Waals surface area contributed by atoms with Crippen LogP contribution in [0.15, 0.2) is 78.9 Å². The summed E-state index contributed by atoms with van der Waals surface area (Å²) in [5.74, 6) is 0.0694. The van der Waals surface area contributed by atoms with Crippen molar-refractivity contribution >= 4 is 17.6 Å². The zero-order valence-electron chi connectivity index (χ0n) is 18.7. The highest BCUT2D eigenvalue weighted by molar-refractivity contribution is 5.95. The van der Waals surface area contributed by atoms with Crippen LogP contribution in [0.25, 0.3) is 0 Å². The first-order valence-electron chi connectivity index (χ1n) is 11.1. The second kappa shape index (κ2) is 11.6. The second-order valence-corrected chi connectivity index (χ2v) is 8.18. The van der Waals surface area contributed by atoms with E-state index >= 15 is 0 Å². The third-order valence-electron chi connectivity index (χ3n) is 5.73. The van der Waals surface area contributed by atoms with Gasteiger partial charge in [0.15, 0.2) is 0 Å². The molecule has 170 valence electrons. The van der Waals surface area contributed by atoms with Gasteiger partial charge in [0.2, 0.25) is 5.91 Å². The van der Waals surface area contributed by atoms with E-state index in [9.17, 15) is 4.79 Å². The molecule has 1 amide bonds. The molecule has 0 saturated heterocycles. The van der Waals surface area contributed by atoms with Crippen molar-refractivity contribution in [2.45, 2.75) is 31.6 Å². The molecule has 0 aliphatic heterocycles. The van der Waals surface area contributed by atoms with E-state index in [-0.39, 0.29) is 23.5 Å². The van der Waals surface area contributed by atoms with Crippen molar-refractivity contribution in [2.75, 3.05) is 6.54 Å². The predicted molar refractivity (Wildman–Crippen MR) is 134 cm³/mol. The number of amidine groups is 2. The standard InChI is InChI=1S/C27H31N5O/c28-26(29)21-12-9-20(10-13-21)11-14-23(22-7-4-8-24(17-22)27(30)31)18-25(33)32-16-15-19-5-2-1-3-6-19/h1-10,12-13,17,23H,11,14-16,18H2,(H3,28,29)(H3,30,31)(H,32,33). The number of carbonyl (C=O) groups is 1. The number of benzene rings is 3. The summed E-state index contributed by atoms with van der Waals surface area (Å²) in [6, 6.07) is 25.3. The molecule has 0 bridgehead atoms. The van der Waals surface area contributed by atoms with Gasteiger partial charge < -0.3 is 16.8 Å². The lowest BCUT2D eigenvalue weighted by molar-refractivity contribution is -0.121. The van der Waals surface area contributed by atoms with Crippen molar-refractivity contribution in [1.82, 2.24) is 5.32 Å². The Labute approximate surface area is 195 Å². The van der Waals surface area contributed by atoms with E-state index in [0.29, 0.717) is 24.1 Å². The number of nitrogens with one attached hydrogen (secondary N) is 3. The predicted octanol–water partition coefficient (Wildman–Crippen LogP) is 3.72. The van der Waals surface area contributed by atoms with Crippen molar-refractivity contribution < 1.29 is 4.79 Å². The number of aryl methyl sites for hydroxylation is 1. The summed E-state index contributed by atoms with van der Waals surface area (Å²) < 4.78 is 0. The van der Waals surface area contributed by atoms with Crippen molar-refractivity contribution in [3.05, 3.63) is 107 Å². The molecule has 0 saturated carbocycles. The largest absolute Gasteiger partial charge is 0.384 e. The quantitative estimate of drug-likeness (QED) is 0.230. The van der Waals surface area contributed by atoms with Crippen molar-refractivity contribution in [1.29, 1.82) is 10.8 Å². The molecule has 0 heterocycles. The average molecular weight is 442 g/mol. The fourth-order valence-corrected chi connectivity index (χ4v) is 3.83. The molecule has 0 aliphatic carbocycles. The molecule has 0 fully saturated rings. The van der Waals surface area contributed by atoms with Gasteiger partial charge >= 0.3 is 0 Å². The monoisotopic (exact) mass is 441 g/mol. The molecule has 0 aromatic heterocycles. The van der Waals surface area contributed by atoms with E-state index in [1.807, 2.05) is 66.7 Å². The fraction of sp³-hybridized carbons (Fsp3) is 0.222. The molecule has 3 rings (SSSR count). The summed E-state index contributed by atoms with van der Waals surface area (Å²) in [5.41, 5.74) is 15.9. The number of nitrogens with two attached hydrogens (primary N) is 2. The van der Waals surface area contributed by atoms with Crippen LogP contribution in [0.4, 0.5) is 0 Å². The molecule has 0 aliphatic rings. The molecule has 3 aromatic carbocycles. The van der Waals surface area contributed by atoms with Gasteiger partial charge in [0.1, 0.15) is 11.7 Å². The first-order chi connectivity index (χ1) is 15.9. The number of amides is 1. The van der Waals surface area contributed by atoms with Crippen LogP contribution in [0, 0.1) is 10.8 Å². The van der Waals surface area contributed by atoms with Crippen LogP contribution in [0.3, 0.4) is 0 Å². The molecule has 1 unspecified atom stereocenters. The molecular weight excluding hydrogens is 410 g/mol. The smallest absolute Gasteiger partial charge is 0.220 e. The summed E-state index contributed by atoms with van der Waals surface area (Å²) in [6.07, 6.45) is 2.71. The number of hydrogen-bond donors (Lipinski definition) is 5. The van der Waals surface area contributed by atoms with Gasteiger partial charge in [-0.1, -0.05) is 72.8 Å². The van der Waals surface area contributed by atoms with E-state index in [2.05, 4.69) is 17.4 Å². The minimum absolute atomic E-state index is 0.00601. The molecule has 6 nitrogen and oxygen atoms in total. The van der Waals surface area contributed by atoms with Crippen LogP contribution < -0.4 is 16.8 Å². The Kier molecular flexibility index (Phi) is 8.36. The molecule has 33 heavy (non-hydrogen) atoms. The van der Waals surface area contributed by atoms with Crippen LogP contribution in [0.1, 0.15) is 46.6 Å². The van der Waals surface area contributed by atoms with Crippen molar-refractivity contribution in [3.63, 3.8) is 0 Å². The Bertz CT molecular complexity index is 1090. The molecule has 3 aromatic rings. The summed E-state index contributed by atoms with van der Waals surface area (Å²) in [7, 11) is 0. The van der Waals surface area contributed by atoms with Crippen molar-refractivity contribution in [3.8, 4) is 0 Å². The molecule has 6 heteroatoms. The zero-order chi connectivity index (χ0) is 23.6. The number of nitrogen functional groups attached to an aromatic ring is 2. The van der Waals surface area contributed by atoms with Gasteiger partial charge in [-0.05, 0) is 47.9 Å². The van der Waals surface area contributed by atoms with Gasteiger partial charge in [-0.25, -0.2) is 0 Å². The molecule has 0 radical (unpaired) electrons. The second-order valence-electron chi connectivity index (χ2n) is 8.18. The summed E-state index contributed by atoms with van der Waals surface area (Å²) in [6.45, 7) is 0.593. The summed E-state index contributed by atoms with van der Waals surface area (Å²) in [5, 5.41) is 18.3. The normalized spacial score (nSPS) is 11.5. The maximum Gasteiger partial charge on any atom is 0.220 e. The molecule has 7 N–H and O–H groups in total. The van der Waals surface area contributed by atoms with E-state index in [1.54, 1.807) is 0 Å². The van der Waals surface area contributed by atoms with Gasteiger partial charge in [0.25, 0.3) is 0 Å². The van der Waals surface area contributed by atoms with Crippen LogP contribution in [-0.4, -0.2) is 24.1 Å². The Morgan fingerprint density at radius 2 is 1.45 bits per heavy atom. The minimum Gasteiger partial charge on any atom is -0.384 e. The Morgan fingerprint density at radius 1 is 0.788 bits per heavy atom. The maximum absolute atomic E-state index is 12.8. The fourth-order valence-electron chi connectivity index (χ4n) is 3.83. The van der Waals surface area contributed by atoms with Crippen LogP contribution in [-0.2, 0) is 17.6 Å². The molecular formula is C27H31N5O. The average Bonchev–Trinajstić information content (AvgIpc) is 2.82. The molecule has 0 spiro atoms. The zero-order valence-corrected chi connectivity index (χ0v) is 18.7. The molecule has 1 atom stereocenters. The van der Waals surface area contributed by atoms with Crippen molar-refractivity contribution in [2.24, 2.45) is 11.5 Å². The lowest BCUT2D eigenvalue weighted by atomic mass is 9.88. The van der Waals surface area contributed by atoms with E-state index in [0.717, 1.165) is 30.4 Å². The third-order valence-corrected chi connectivity index (χ3v) is 5.73. The first kappa shape index (κ1) is 23.7. The number of rotatable bonds is 11. The first-order valence-corrected chi connectivity index (χ1v) is 11.1. The SMILES string of the molecule is N=C(N)c1ccc(CCC(CC(=O)NCCc2ccccc2)c2cccc(C(=N)N)c2)cc1. The highest BCUT2D eigenvalue weighted by atomic mass is 16.1. The minimum atomic E-state index is -0.00601. The van der Waals surface area contributed by atoms with Gasteiger partial charge in [-0.2, -0.15) is 0 Å². The number of hydrogen-bond acceptors (Lipinski definition) is 3. The maximum atomic E-state index is 12.8. The highest BCUT2D eigenvalue weighted by Crippen LogP contribution is 2.26. The summed E-state index contributed by atoms with van der Waals surface area (Å²) >= 11 is 0.